The molecule has 156 valence electrons. The van der Waals surface area contributed by atoms with Crippen LogP contribution in [-0.4, -0.2) is 55.5 Å². The Hall–Kier alpha value is -3.20. The second kappa shape index (κ2) is 8.66. The Morgan fingerprint density at radius 2 is 1.97 bits per heavy atom. The topological polar surface area (TPSA) is 78.0 Å². The van der Waals surface area contributed by atoms with Gasteiger partial charge in [-0.3, -0.25) is 19.8 Å². The van der Waals surface area contributed by atoms with Gasteiger partial charge in [0.2, 0.25) is 0 Å². The average molecular weight is 412 g/mol. The number of aryl methyl sites for hydroxylation is 1. The molecule has 1 fully saturated rings. The Bertz CT molecular complexity index is 1030. The molecule has 2 aromatic heterocycles. The summed E-state index contributed by atoms with van der Waals surface area (Å²) >= 11 is 0. The molecule has 0 saturated carbocycles. The molecule has 9 heteroatoms. The highest BCUT2D eigenvalue weighted by molar-refractivity contribution is 5.94. The van der Waals surface area contributed by atoms with Crippen LogP contribution < -0.4 is 0 Å². The minimum atomic E-state index is -0.863. The van der Waals surface area contributed by atoms with E-state index in [0.717, 1.165) is 12.5 Å². The van der Waals surface area contributed by atoms with E-state index < -0.39 is 11.6 Å². The second-order valence-electron chi connectivity index (χ2n) is 7.37. The predicted octanol–water partition coefficient (Wildman–Crippen LogP) is 2.88. The van der Waals surface area contributed by atoms with Gasteiger partial charge in [-0.1, -0.05) is 6.07 Å². The number of benzene rings is 1. The first-order valence-electron chi connectivity index (χ1n) is 9.77. The van der Waals surface area contributed by atoms with Gasteiger partial charge in [0.15, 0.2) is 17.5 Å². The zero-order valence-electron chi connectivity index (χ0n) is 16.6. The van der Waals surface area contributed by atoms with E-state index in [-0.39, 0.29) is 11.9 Å². The van der Waals surface area contributed by atoms with E-state index in [1.807, 2.05) is 0 Å². The number of hydrogen-bond acceptors (Lipinski definition) is 5. The fourth-order valence-corrected chi connectivity index (χ4v) is 3.73. The Morgan fingerprint density at radius 1 is 1.17 bits per heavy atom. The van der Waals surface area contributed by atoms with Crippen molar-refractivity contribution in [3.8, 4) is 0 Å². The lowest BCUT2D eigenvalue weighted by Crippen LogP contribution is -2.39. The number of aromatic amines is 1. The van der Waals surface area contributed by atoms with Crippen LogP contribution in [0.3, 0.4) is 0 Å². The number of hydrogen-bond donors (Lipinski definition) is 1. The molecule has 1 amide bonds. The van der Waals surface area contributed by atoms with Crippen LogP contribution >= 0.6 is 0 Å². The molecule has 1 N–H and O–H groups in total. The van der Waals surface area contributed by atoms with E-state index in [1.165, 1.54) is 6.07 Å². The molecule has 3 aromatic rings. The smallest absolute Gasteiger partial charge is 0.254 e. The van der Waals surface area contributed by atoms with E-state index in [9.17, 15) is 13.6 Å². The normalized spacial score (nSPS) is 17.7. The Kier molecular flexibility index (Phi) is 5.80. The summed E-state index contributed by atoms with van der Waals surface area (Å²) in [5.41, 5.74) is 1.23. The summed E-state index contributed by atoms with van der Waals surface area (Å²) in [5.74, 6) is -0.639. The molecule has 1 aromatic carbocycles. The summed E-state index contributed by atoms with van der Waals surface area (Å²) in [6.45, 7) is 3.97. The molecule has 3 heterocycles. The number of amides is 1. The number of nitrogens with one attached hydrogen (secondary N) is 1. The lowest BCUT2D eigenvalue weighted by molar-refractivity contribution is 0.0663. The van der Waals surface area contributed by atoms with E-state index in [4.69, 9.17) is 0 Å². The standard InChI is InChI=1S/C21H22F2N6O/c1-14-25-20(27-26-14)19-13-28(12-15-3-4-17(22)18(23)11-15)9-2-10-29(19)21(30)16-5-7-24-8-6-16/h3-8,11,19H,2,9-10,12-13H2,1H3,(H,25,26,27). The minimum absolute atomic E-state index is 0.112. The largest absolute Gasteiger partial charge is 0.327 e. The molecule has 30 heavy (non-hydrogen) atoms. The van der Waals surface area contributed by atoms with Crippen LogP contribution in [0.5, 0.6) is 0 Å². The molecule has 1 atom stereocenters. The third-order valence-electron chi connectivity index (χ3n) is 5.17. The second-order valence-corrected chi connectivity index (χ2v) is 7.37. The van der Waals surface area contributed by atoms with Crippen LogP contribution in [0.15, 0.2) is 42.7 Å². The van der Waals surface area contributed by atoms with E-state index in [1.54, 1.807) is 42.4 Å². The lowest BCUT2D eigenvalue weighted by Gasteiger charge is -2.30. The maximum Gasteiger partial charge on any atom is 0.254 e. The summed E-state index contributed by atoms with van der Waals surface area (Å²) in [4.78, 5) is 25.5. The molecular formula is C21H22F2N6O. The minimum Gasteiger partial charge on any atom is -0.327 e. The number of nitrogens with zero attached hydrogens (tertiary/aromatic N) is 5. The van der Waals surface area contributed by atoms with Crippen molar-refractivity contribution < 1.29 is 13.6 Å². The maximum absolute atomic E-state index is 13.6. The van der Waals surface area contributed by atoms with Gasteiger partial charge in [0.25, 0.3) is 5.91 Å². The monoisotopic (exact) mass is 412 g/mol. The molecule has 1 unspecified atom stereocenters. The zero-order chi connectivity index (χ0) is 21.1. The summed E-state index contributed by atoms with van der Waals surface area (Å²) in [6.07, 6.45) is 3.92. The highest BCUT2D eigenvalue weighted by atomic mass is 19.2. The van der Waals surface area contributed by atoms with Crippen molar-refractivity contribution in [1.82, 2.24) is 30.0 Å². The highest BCUT2D eigenvalue weighted by Crippen LogP contribution is 2.26. The van der Waals surface area contributed by atoms with Gasteiger partial charge in [0.1, 0.15) is 11.9 Å². The quantitative estimate of drug-likeness (QED) is 0.713. The maximum atomic E-state index is 13.6. The van der Waals surface area contributed by atoms with Crippen molar-refractivity contribution >= 4 is 5.91 Å². The predicted molar refractivity (Wildman–Crippen MR) is 105 cm³/mol. The zero-order valence-corrected chi connectivity index (χ0v) is 16.6. The number of H-pyrrole nitrogens is 1. The SMILES string of the molecule is Cc1nc(C2CN(Cc3ccc(F)c(F)c3)CCCN2C(=O)c2ccncc2)n[nH]1. The number of pyridine rings is 1. The van der Waals surface area contributed by atoms with Gasteiger partial charge in [0.05, 0.1) is 0 Å². The van der Waals surface area contributed by atoms with Gasteiger partial charge in [-0.15, -0.1) is 0 Å². The van der Waals surface area contributed by atoms with Crippen LogP contribution in [0.4, 0.5) is 8.78 Å². The van der Waals surface area contributed by atoms with Crippen LogP contribution in [0.25, 0.3) is 0 Å². The van der Waals surface area contributed by atoms with Crippen LogP contribution in [-0.2, 0) is 6.54 Å². The van der Waals surface area contributed by atoms with Crippen LogP contribution in [0.2, 0.25) is 0 Å². The Labute approximate surface area is 172 Å². The van der Waals surface area contributed by atoms with Gasteiger partial charge in [-0.05, 0) is 43.2 Å². The van der Waals surface area contributed by atoms with Gasteiger partial charge < -0.3 is 4.90 Å². The summed E-state index contributed by atoms with van der Waals surface area (Å²) in [7, 11) is 0. The Balaban J connectivity index is 1.60. The molecule has 4 rings (SSSR count). The molecule has 0 aliphatic carbocycles. The first kappa shape index (κ1) is 20.1. The highest BCUT2D eigenvalue weighted by Gasteiger charge is 2.33. The summed E-state index contributed by atoms with van der Waals surface area (Å²) in [5, 5.41) is 7.14. The first-order chi connectivity index (χ1) is 14.5. The number of carbonyl (C=O) groups excluding carboxylic acids is 1. The average Bonchev–Trinajstić information content (AvgIpc) is 3.07. The molecule has 0 radical (unpaired) electrons. The third kappa shape index (κ3) is 4.35. The summed E-state index contributed by atoms with van der Waals surface area (Å²) < 4.78 is 26.9. The van der Waals surface area contributed by atoms with Crippen molar-refractivity contribution in [2.45, 2.75) is 25.9 Å². The van der Waals surface area contributed by atoms with Gasteiger partial charge >= 0.3 is 0 Å². The van der Waals surface area contributed by atoms with Gasteiger partial charge in [0, 0.05) is 44.1 Å². The van der Waals surface area contributed by atoms with Gasteiger partial charge in [-0.25, -0.2) is 13.8 Å². The molecule has 0 bridgehead atoms. The van der Waals surface area contributed by atoms with E-state index in [2.05, 4.69) is 25.1 Å². The third-order valence-corrected chi connectivity index (χ3v) is 5.17. The van der Waals surface area contributed by atoms with Crippen molar-refractivity contribution in [3.05, 3.63) is 77.1 Å². The van der Waals surface area contributed by atoms with Crippen molar-refractivity contribution in [1.29, 1.82) is 0 Å². The molecule has 1 aliphatic rings. The fraction of sp³-hybridized carbons (Fsp3) is 0.333. The van der Waals surface area contributed by atoms with Crippen molar-refractivity contribution in [3.63, 3.8) is 0 Å². The fourth-order valence-electron chi connectivity index (χ4n) is 3.73. The molecular weight excluding hydrogens is 390 g/mol. The number of aromatic nitrogens is 4. The molecule has 1 aliphatic heterocycles. The van der Waals surface area contributed by atoms with Crippen LogP contribution in [0, 0.1) is 18.6 Å². The van der Waals surface area contributed by atoms with Crippen molar-refractivity contribution in [2.75, 3.05) is 19.6 Å². The lowest BCUT2D eigenvalue weighted by atomic mass is 10.1. The number of rotatable bonds is 4. The first-order valence-corrected chi connectivity index (χ1v) is 9.77. The van der Waals surface area contributed by atoms with Crippen LogP contribution in [0.1, 0.15) is 40.0 Å². The summed E-state index contributed by atoms with van der Waals surface area (Å²) in [6, 6.07) is 6.93. The molecule has 0 spiro atoms. The Morgan fingerprint density at radius 3 is 2.67 bits per heavy atom. The number of halogens is 2. The molecule has 7 nitrogen and oxygen atoms in total. The van der Waals surface area contributed by atoms with Gasteiger partial charge in [-0.2, -0.15) is 5.10 Å². The van der Waals surface area contributed by atoms with E-state index in [0.29, 0.717) is 49.0 Å². The number of carbonyl (C=O) groups is 1. The van der Waals surface area contributed by atoms with E-state index >= 15 is 0 Å². The molecule has 1 saturated heterocycles. The van der Waals surface area contributed by atoms with Crippen molar-refractivity contribution in [2.24, 2.45) is 0 Å².